The lowest BCUT2D eigenvalue weighted by atomic mass is 10.3. The van der Waals surface area contributed by atoms with Crippen LogP contribution in [0.1, 0.15) is 11.3 Å². The van der Waals surface area contributed by atoms with E-state index in [2.05, 4.69) is 17.1 Å². The van der Waals surface area contributed by atoms with E-state index in [4.69, 9.17) is 0 Å². The standard InChI is InChI=1S/C6H7N2/c1-5-3-6(2)8-7-4-5/h3-4H,1H2,2H3. The van der Waals surface area contributed by atoms with Crippen LogP contribution < -0.4 is 0 Å². The van der Waals surface area contributed by atoms with Crippen LogP contribution >= 0.6 is 0 Å². The number of aromatic nitrogens is 2. The van der Waals surface area contributed by atoms with E-state index in [1.807, 2.05) is 13.0 Å². The predicted octanol–water partition coefficient (Wildman–Crippen LogP) is 0.967. The van der Waals surface area contributed by atoms with Gasteiger partial charge in [-0.15, -0.1) is 0 Å². The Bertz CT molecular complexity index is 166. The van der Waals surface area contributed by atoms with Gasteiger partial charge in [-0.1, -0.05) is 0 Å². The van der Waals surface area contributed by atoms with Crippen molar-refractivity contribution < 1.29 is 0 Å². The number of aryl methyl sites for hydroxylation is 1. The van der Waals surface area contributed by atoms with Crippen LogP contribution in [-0.2, 0) is 0 Å². The fourth-order valence-electron chi connectivity index (χ4n) is 0.529. The smallest absolute Gasteiger partial charge is 0.0602 e. The van der Waals surface area contributed by atoms with Crippen LogP contribution in [0.25, 0.3) is 0 Å². The van der Waals surface area contributed by atoms with Crippen LogP contribution in [0.15, 0.2) is 12.3 Å². The quantitative estimate of drug-likeness (QED) is 0.493. The van der Waals surface area contributed by atoms with Gasteiger partial charge in [-0.3, -0.25) is 0 Å². The third-order valence-electron chi connectivity index (χ3n) is 0.833. The fourth-order valence-corrected chi connectivity index (χ4v) is 0.529. The molecule has 0 unspecified atom stereocenters. The zero-order valence-corrected chi connectivity index (χ0v) is 4.76. The summed E-state index contributed by atoms with van der Waals surface area (Å²) in [7, 11) is 0. The highest BCUT2D eigenvalue weighted by Crippen LogP contribution is 1.93. The number of rotatable bonds is 0. The molecule has 2 nitrogen and oxygen atoms in total. The lowest BCUT2D eigenvalue weighted by Crippen LogP contribution is -1.84. The molecule has 2 heteroatoms. The van der Waals surface area contributed by atoms with E-state index in [1.165, 1.54) is 0 Å². The monoisotopic (exact) mass is 107 g/mol. The zero-order chi connectivity index (χ0) is 5.98. The summed E-state index contributed by atoms with van der Waals surface area (Å²) < 4.78 is 0. The summed E-state index contributed by atoms with van der Waals surface area (Å²) in [5.41, 5.74) is 1.83. The molecule has 0 saturated heterocycles. The minimum Gasteiger partial charge on any atom is -0.159 e. The molecule has 0 aliphatic rings. The molecule has 0 aliphatic carbocycles. The molecule has 0 N–H and O–H groups in total. The van der Waals surface area contributed by atoms with Gasteiger partial charge in [-0.05, 0) is 25.5 Å². The predicted molar refractivity (Wildman–Crippen MR) is 31.2 cm³/mol. The first-order valence-electron chi connectivity index (χ1n) is 2.40. The molecular formula is C6H7N2. The van der Waals surface area contributed by atoms with Crippen molar-refractivity contribution in [2.24, 2.45) is 0 Å². The minimum atomic E-state index is 0.914. The van der Waals surface area contributed by atoms with Crippen molar-refractivity contribution in [2.45, 2.75) is 6.92 Å². The second-order valence-corrected chi connectivity index (χ2v) is 1.71. The van der Waals surface area contributed by atoms with Gasteiger partial charge in [0.1, 0.15) is 0 Å². The molecule has 8 heavy (non-hydrogen) atoms. The van der Waals surface area contributed by atoms with Gasteiger partial charge in [0.05, 0.1) is 11.9 Å². The topological polar surface area (TPSA) is 25.8 Å². The maximum absolute atomic E-state index is 3.75. The van der Waals surface area contributed by atoms with E-state index in [9.17, 15) is 0 Å². The van der Waals surface area contributed by atoms with Gasteiger partial charge in [0.15, 0.2) is 0 Å². The van der Waals surface area contributed by atoms with Crippen molar-refractivity contribution in [2.75, 3.05) is 0 Å². The summed E-state index contributed by atoms with van der Waals surface area (Å²) in [4.78, 5) is 0. The Kier molecular flexibility index (Phi) is 1.24. The van der Waals surface area contributed by atoms with Crippen molar-refractivity contribution in [1.82, 2.24) is 10.2 Å². The van der Waals surface area contributed by atoms with E-state index >= 15 is 0 Å². The number of hydrogen-bond donors (Lipinski definition) is 0. The Balaban J connectivity index is 3.08. The lowest BCUT2D eigenvalue weighted by molar-refractivity contribution is 0.974. The van der Waals surface area contributed by atoms with Crippen molar-refractivity contribution in [3.63, 3.8) is 0 Å². The molecule has 1 aromatic rings. The lowest BCUT2D eigenvalue weighted by Gasteiger charge is -1.88. The highest BCUT2D eigenvalue weighted by molar-refractivity contribution is 5.13. The molecular weight excluding hydrogens is 100 g/mol. The maximum atomic E-state index is 3.75. The molecule has 0 atom stereocenters. The molecule has 0 aromatic carbocycles. The zero-order valence-electron chi connectivity index (χ0n) is 4.76. The van der Waals surface area contributed by atoms with Crippen LogP contribution in [0.3, 0.4) is 0 Å². The Labute approximate surface area is 48.6 Å². The van der Waals surface area contributed by atoms with Crippen molar-refractivity contribution in [3.05, 3.63) is 30.4 Å². The molecule has 0 aliphatic heterocycles. The number of hydrogen-bond acceptors (Lipinski definition) is 2. The molecule has 0 spiro atoms. The molecule has 1 heterocycles. The van der Waals surface area contributed by atoms with Crippen LogP contribution in [0.4, 0.5) is 0 Å². The first-order valence-corrected chi connectivity index (χ1v) is 2.40. The highest BCUT2D eigenvalue weighted by atomic mass is 15.1. The van der Waals surface area contributed by atoms with Gasteiger partial charge in [-0.2, -0.15) is 10.2 Å². The molecule has 1 rings (SSSR count). The first-order chi connectivity index (χ1) is 3.79. The Morgan fingerprint density at radius 1 is 1.62 bits per heavy atom. The summed E-state index contributed by atoms with van der Waals surface area (Å²) >= 11 is 0. The number of nitrogens with zero attached hydrogens (tertiary/aromatic N) is 2. The van der Waals surface area contributed by atoms with E-state index in [1.54, 1.807) is 6.20 Å². The summed E-state index contributed by atoms with van der Waals surface area (Å²) in [6.07, 6.45) is 1.63. The molecule has 0 fully saturated rings. The van der Waals surface area contributed by atoms with Crippen molar-refractivity contribution in [3.8, 4) is 0 Å². The van der Waals surface area contributed by atoms with Crippen LogP contribution in [-0.4, -0.2) is 10.2 Å². The van der Waals surface area contributed by atoms with Crippen molar-refractivity contribution in [1.29, 1.82) is 0 Å². The van der Waals surface area contributed by atoms with Gasteiger partial charge in [0, 0.05) is 0 Å². The molecule has 0 saturated carbocycles. The second kappa shape index (κ2) is 1.90. The van der Waals surface area contributed by atoms with Crippen LogP contribution in [0.2, 0.25) is 0 Å². The molecule has 41 valence electrons. The van der Waals surface area contributed by atoms with Gasteiger partial charge >= 0.3 is 0 Å². The van der Waals surface area contributed by atoms with E-state index in [-0.39, 0.29) is 0 Å². The van der Waals surface area contributed by atoms with Crippen molar-refractivity contribution >= 4 is 0 Å². The molecule has 1 aromatic heterocycles. The van der Waals surface area contributed by atoms with E-state index in [0.29, 0.717) is 0 Å². The minimum absolute atomic E-state index is 0.914. The van der Waals surface area contributed by atoms with Gasteiger partial charge in [0.25, 0.3) is 0 Å². The summed E-state index contributed by atoms with van der Waals surface area (Å²) in [6, 6.07) is 1.88. The summed E-state index contributed by atoms with van der Waals surface area (Å²) in [6.45, 7) is 5.57. The fraction of sp³-hybridized carbons (Fsp3) is 0.167. The largest absolute Gasteiger partial charge is 0.159 e. The van der Waals surface area contributed by atoms with Gasteiger partial charge in [0.2, 0.25) is 0 Å². The second-order valence-electron chi connectivity index (χ2n) is 1.71. The third-order valence-corrected chi connectivity index (χ3v) is 0.833. The molecule has 1 radical (unpaired) electrons. The van der Waals surface area contributed by atoms with Gasteiger partial charge in [-0.25, -0.2) is 0 Å². The summed E-state index contributed by atoms with van der Waals surface area (Å²) in [5.74, 6) is 0. The summed E-state index contributed by atoms with van der Waals surface area (Å²) in [5, 5.41) is 7.42. The van der Waals surface area contributed by atoms with Gasteiger partial charge < -0.3 is 0 Å². The van der Waals surface area contributed by atoms with E-state index < -0.39 is 0 Å². The Morgan fingerprint density at radius 3 is 2.75 bits per heavy atom. The van der Waals surface area contributed by atoms with E-state index in [0.717, 1.165) is 11.3 Å². The Hall–Kier alpha value is -0.920. The Morgan fingerprint density at radius 2 is 2.38 bits per heavy atom. The average Bonchev–Trinajstić information content (AvgIpc) is 1.64. The van der Waals surface area contributed by atoms with Crippen LogP contribution in [0, 0.1) is 13.8 Å². The highest BCUT2D eigenvalue weighted by Gasteiger charge is 1.83. The third kappa shape index (κ3) is 1.03. The first kappa shape index (κ1) is 5.22. The average molecular weight is 107 g/mol. The SMILES string of the molecule is [CH2]c1cnnc(C)c1. The normalized spacial score (nSPS) is 9.25. The molecule has 0 amide bonds. The van der Waals surface area contributed by atoms with Crippen LogP contribution in [0.5, 0.6) is 0 Å². The molecule has 0 bridgehead atoms. The maximum Gasteiger partial charge on any atom is 0.0602 e.